The van der Waals surface area contributed by atoms with Crippen molar-refractivity contribution >= 4 is 33.6 Å². The summed E-state index contributed by atoms with van der Waals surface area (Å²) in [6.07, 6.45) is 1.00. The van der Waals surface area contributed by atoms with E-state index in [1.165, 1.54) is 5.56 Å². The van der Waals surface area contributed by atoms with Crippen molar-refractivity contribution < 1.29 is 9.53 Å². The summed E-state index contributed by atoms with van der Waals surface area (Å²) >= 11 is 5.17. The van der Waals surface area contributed by atoms with E-state index in [0.29, 0.717) is 5.75 Å². The van der Waals surface area contributed by atoms with Crippen LogP contribution in [0.15, 0.2) is 28.7 Å². The van der Waals surface area contributed by atoms with E-state index in [1.807, 2.05) is 18.2 Å². The normalized spacial score (nSPS) is 15.7. The van der Waals surface area contributed by atoms with Gasteiger partial charge in [0.1, 0.15) is 0 Å². The van der Waals surface area contributed by atoms with Gasteiger partial charge >= 0.3 is 0 Å². The molecule has 1 aromatic rings. The Balaban J connectivity index is 1.51. The number of hydrogen-bond donors (Lipinski definition) is 1. The largest absolute Gasteiger partial charge is 0.379 e. The SMILES string of the molecule is O=C(CSCc1ccccc1Br)NCCCN1CCOCC1. The molecule has 0 aromatic heterocycles. The summed E-state index contributed by atoms with van der Waals surface area (Å²) in [4.78, 5) is 14.2. The Morgan fingerprint density at radius 3 is 2.86 bits per heavy atom. The van der Waals surface area contributed by atoms with Crippen LogP contribution in [-0.2, 0) is 15.3 Å². The van der Waals surface area contributed by atoms with Crippen LogP contribution < -0.4 is 5.32 Å². The van der Waals surface area contributed by atoms with Gasteiger partial charge < -0.3 is 10.1 Å². The molecule has 1 amide bonds. The lowest BCUT2D eigenvalue weighted by molar-refractivity contribution is -0.118. The molecule has 4 nitrogen and oxygen atoms in total. The second-order valence-electron chi connectivity index (χ2n) is 5.24. The molecule has 6 heteroatoms. The molecule has 22 heavy (non-hydrogen) atoms. The lowest BCUT2D eigenvalue weighted by atomic mass is 10.2. The Hall–Kier alpha value is -0.560. The second-order valence-corrected chi connectivity index (χ2v) is 7.08. The maximum absolute atomic E-state index is 11.8. The fraction of sp³-hybridized carbons (Fsp3) is 0.562. The number of amides is 1. The molecule has 1 aliphatic heterocycles. The van der Waals surface area contributed by atoms with Crippen molar-refractivity contribution in [3.05, 3.63) is 34.3 Å². The fourth-order valence-electron chi connectivity index (χ4n) is 2.28. The predicted molar refractivity (Wildman–Crippen MR) is 95.2 cm³/mol. The summed E-state index contributed by atoms with van der Waals surface area (Å²) in [6, 6.07) is 8.13. The molecule has 0 spiro atoms. The average molecular weight is 387 g/mol. The number of benzene rings is 1. The topological polar surface area (TPSA) is 41.6 Å². The van der Waals surface area contributed by atoms with E-state index in [2.05, 4.69) is 32.2 Å². The predicted octanol–water partition coefficient (Wildman–Crippen LogP) is 2.52. The van der Waals surface area contributed by atoms with E-state index in [-0.39, 0.29) is 5.91 Å². The van der Waals surface area contributed by atoms with Crippen molar-refractivity contribution in [2.75, 3.05) is 45.1 Å². The molecule has 0 atom stereocenters. The standard InChI is InChI=1S/C16H23BrN2O2S/c17-15-5-2-1-4-14(15)12-22-13-16(20)18-6-3-7-19-8-10-21-11-9-19/h1-2,4-5H,3,6-13H2,(H,18,20). The number of morpholine rings is 1. The minimum absolute atomic E-state index is 0.124. The van der Waals surface area contributed by atoms with E-state index in [0.717, 1.165) is 56.0 Å². The Morgan fingerprint density at radius 1 is 1.32 bits per heavy atom. The number of nitrogens with zero attached hydrogens (tertiary/aromatic N) is 1. The van der Waals surface area contributed by atoms with Gasteiger partial charge in [-0.05, 0) is 24.6 Å². The van der Waals surface area contributed by atoms with Gasteiger partial charge in [0.15, 0.2) is 0 Å². The van der Waals surface area contributed by atoms with Crippen molar-refractivity contribution in [1.82, 2.24) is 10.2 Å². The third-order valence-electron chi connectivity index (χ3n) is 3.53. The van der Waals surface area contributed by atoms with Crippen LogP contribution in [0.25, 0.3) is 0 Å². The van der Waals surface area contributed by atoms with Gasteiger partial charge in [0, 0.05) is 29.9 Å². The highest BCUT2D eigenvalue weighted by atomic mass is 79.9. The van der Waals surface area contributed by atoms with Gasteiger partial charge in [0.2, 0.25) is 5.91 Å². The molecule has 0 unspecified atom stereocenters. The van der Waals surface area contributed by atoms with Crippen LogP contribution in [0.1, 0.15) is 12.0 Å². The second kappa shape index (κ2) is 10.3. The van der Waals surface area contributed by atoms with E-state index >= 15 is 0 Å². The van der Waals surface area contributed by atoms with Crippen LogP contribution >= 0.6 is 27.7 Å². The molecule has 1 saturated heterocycles. The van der Waals surface area contributed by atoms with Crippen molar-refractivity contribution in [1.29, 1.82) is 0 Å². The van der Waals surface area contributed by atoms with Crippen LogP contribution in [0, 0.1) is 0 Å². The number of rotatable bonds is 8. The molecule has 0 radical (unpaired) electrons. The fourth-order valence-corrected chi connectivity index (χ4v) is 3.75. The highest BCUT2D eigenvalue weighted by Crippen LogP contribution is 2.20. The van der Waals surface area contributed by atoms with Crippen molar-refractivity contribution in [3.8, 4) is 0 Å². The molecular formula is C16H23BrN2O2S. The lowest BCUT2D eigenvalue weighted by Crippen LogP contribution is -2.38. The number of hydrogen-bond acceptors (Lipinski definition) is 4. The zero-order chi connectivity index (χ0) is 15.6. The van der Waals surface area contributed by atoms with E-state index < -0.39 is 0 Å². The van der Waals surface area contributed by atoms with Crippen molar-refractivity contribution in [2.24, 2.45) is 0 Å². The molecule has 122 valence electrons. The number of halogens is 1. The number of carbonyl (C=O) groups excluding carboxylic acids is 1. The highest BCUT2D eigenvalue weighted by Gasteiger charge is 2.09. The first-order valence-electron chi connectivity index (χ1n) is 7.63. The summed E-state index contributed by atoms with van der Waals surface area (Å²) in [5, 5.41) is 2.99. The Kier molecular flexibility index (Phi) is 8.30. The van der Waals surface area contributed by atoms with Gasteiger partial charge in [-0.1, -0.05) is 34.1 Å². The maximum atomic E-state index is 11.8. The summed E-state index contributed by atoms with van der Waals surface area (Å²) in [6.45, 7) is 5.47. The molecule has 0 bridgehead atoms. The Bertz CT molecular complexity index is 467. The summed E-state index contributed by atoms with van der Waals surface area (Å²) in [5.74, 6) is 1.49. The van der Waals surface area contributed by atoms with E-state index in [1.54, 1.807) is 11.8 Å². The maximum Gasteiger partial charge on any atom is 0.230 e. The number of carbonyl (C=O) groups is 1. The molecule has 1 fully saturated rings. The molecule has 1 aliphatic rings. The molecule has 1 aromatic carbocycles. The van der Waals surface area contributed by atoms with Crippen LogP contribution in [0.2, 0.25) is 0 Å². The molecule has 1 N–H and O–H groups in total. The number of nitrogens with one attached hydrogen (secondary N) is 1. The lowest BCUT2D eigenvalue weighted by Gasteiger charge is -2.26. The van der Waals surface area contributed by atoms with Crippen LogP contribution in [0.3, 0.4) is 0 Å². The minimum atomic E-state index is 0.124. The molecule has 0 saturated carbocycles. The van der Waals surface area contributed by atoms with Gasteiger partial charge in [-0.2, -0.15) is 0 Å². The smallest absolute Gasteiger partial charge is 0.230 e. The molecular weight excluding hydrogens is 364 g/mol. The first-order chi connectivity index (χ1) is 10.8. The monoisotopic (exact) mass is 386 g/mol. The first kappa shape index (κ1) is 17.8. The average Bonchev–Trinajstić information content (AvgIpc) is 2.54. The molecule has 0 aliphatic carbocycles. The zero-order valence-corrected chi connectivity index (χ0v) is 15.1. The van der Waals surface area contributed by atoms with Crippen molar-refractivity contribution in [2.45, 2.75) is 12.2 Å². The van der Waals surface area contributed by atoms with E-state index in [4.69, 9.17) is 4.74 Å². The third-order valence-corrected chi connectivity index (χ3v) is 5.28. The Morgan fingerprint density at radius 2 is 2.09 bits per heavy atom. The van der Waals surface area contributed by atoms with Crippen LogP contribution in [0.5, 0.6) is 0 Å². The van der Waals surface area contributed by atoms with Crippen LogP contribution in [0.4, 0.5) is 0 Å². The molecule has 2 rings (SSSR count). The van der Waals surface area contributed by atoms with Gasteiger partial charge in [-0.3, -0.25) is 9.69 Å². The first-order valence-corrected chi connectivity index (χ1v) is 9.58. The molecule has 1 heterocycles. The summed E-state index contributed by atoms with van der Waals surface area (Å²) in [5.41, 5.74) is 1.23. The van der Waals surface area contributed by atoms with Gasteiger partial charge in [0.25, 0.3) is 0 Å². The van der Waals surface area contributed by atoms with Gasteiger partial charge in [0.05, 0.1) is 19.0 Å². The number of ether oxygens (including phenoxy) is 1. The number of thioether (sulfide) groups is 1. The third kappa shape index (κ3) is 6.69. The van der Waals surface area contributed by atoms with E-state index in [9.17, 15) is 4.79 Å². The van der Waals surface area contributed by atoms with Crippen LogP contribution in [-0.4, -0.2) is 56.0 Å². The van der Waals surface area contributed by atoms with Gasteiger partial charge in [-0.25, -0.2) is 0 Å². The Labute approximate surface area is 145 Å². The summed E-state index contributed by atoms with van der Waals surface area (Å²) in [7, 11) is 0. The van der Waals surface area contributed by atoms with Gasteiger partial charge in [-0.15, -0.1) is 11.8 Å². The van der Waals surface area contributed by atoms with Crippen molar-refractivity contribution in [3.63, 3.8) is 0 Å². The zero-order valence-electron chi connectivity index (χ0n) is 12.7. The minimum Gasteiger partial charge on any atom is -0.379 e. The summed E-state index contributed by atoms with van der Waals surface area (Å²) < 4.78 is 6.42. The quantitative estimate of drug-likeness (QED) is 0.696. The highest BCUT2D eigenvalue weighted by molar-refractivity contribution is 9.10.